The third-order valence-electron chi connectivity index (χ3n) is 4.12. The maximum absolute atomic E-state index is 11.2. The number of carbonyl (C=O) groups is 1. The van der Waals surface area contributed by atoms with E-state index in [4.69, 9.17) is 4.74 Å². The third kappa shape index (κ3) is 1.96. The first-order valence-electron chi connectivity index (χ1n) is 7.32. The number of carboxylic acids is 1. The van der Waals surface area contributed by atoms with E-state index in [0.29, 0.717) is 12.2 Å². The molecule has 110 valence electrons. The molecule has 2 aromatic rings. The fourth-order valence-corrected chi connectivity index (χ4v) is 3.06. The van der Waals surface area contributed by atoms with Crippen molar-refractivity contribution >= 4 is 28.6 Å². The average molecular weight is 293 g/mol. The molecular formula is C18H15NO3. The van der Waals surface area contributed by atoms with Crippen LogP contribution in [0.25, 0.3) is 22.7 Å². The molecule has 0 atom stereocenters. The van der Waals surface area contributed by atoms with Gasteiger partial charge in [0.25, 0.3) is 0 Å². The van der Waals surface area contributed by atoms with Gasteiger partial charge in [-0.25, -0.2) is 4.79 Å². The molecule has 4 heteroatoms. The van der Waals surface area contributed by atoms with E-state index in [-0.39, 0.29) is 0 Å². The van der Waals surface area contributed by atoms with Crippen LogP contribution < -0.4 is 0 Å². The van der Waals surface area contributed by atoms with Crippen LogP contribution in [-0.4, -0.2) is 22.2 Å². The van der Waals surface area contributed by atoms with Gasteiger partial charge in [0.2, 0.25) is 0 Å². The highest BCUT2D eigenvalue weighted by molar-refractivity contribution is 5.96. The molecule has 22 heavy (non-hydrogen) atoms. The van der Waals surface area contributed by atoms with E-state index < -0.39 is 5.97 Å². The molecular weight excluding hydrogens is 278 g/mol. The molecule has 1 aliphatic heterocycles. The van der Waals surface area contributed by atoms with Crippen molar-refractivity contribution in [2.45, 2.75) is 12.8 Å². The fourth-order valence-electron chi connectivity index (χ4n) is 3.06. The zero-order chi connectivity index (χ0) is 15.1. The van der Waals surface area contributed by atoms with Gasteiger partial charge in [0.1, 0.15) is 12.4 Å². The molecule has 0 saturated heterocycles. The molecule has 0 bridgehead atoms. The normalized spacial score (nSPS) is 16.7. The third-order valence-corrected chi connectivity index (χ3v) is 4.12. The van der Waals surface area contributed by atoms with Crippen LogP contribution in [0.4, 0.5) is 0 Å². The zero-order valence-corrected chi connectivity index (χ0v) is 12.0. The molecule has 0 amide bonds. The number of benzene rings is 1. The zero-order valence-electron chi connectivity index (χ0n) is 12.0. The van der Waals surface area contributed by atoms with Crippen LogP contribution in [0.3, 0.4) is 0 Å². The van der Waals surface area contributed by atoms with Crippen LogP contribution in [0.5, 0.6) is 0 Å². The summed E-state index contributed by atoms with van der Waals surface area (Å²) in [5.41, 5.74) is 3.47. The first-order valence-corrected chi connectivity index (χ1v) is 7.32. The van der Waals surface area contributed by atoms with Gasteiger partial charge in [0, 0.05) is 17.2 Å². The van der Waals surface area contributed by atoms with Crippen LogP contribution in [0.2, 0.25) is 0 Å². The van der Waals surface area contributed by atoms with Gasteiger partial charge in [0.05, 0.1) is 16.8 Å². The number of nitrogens with zero attached hydrogens (tertiary/aromatic N) is 1. The Labute approximate surface area is 127 Å². The van der Waals surface area contributed by atoms with Crippen molar-refractivity contribution < 1.29 is 14.6 Å². The molecule has 2 aliphatic rings. The molecule has 0 unspecified atom stereocenters. The van der Waals surface area contributed by atoms with Crippen LogP contribution in [0.1, 0.15) is 28.9 Å². The van der Waals surface area contributed by atoms with Crippen molar-refractivity contribution in [3.8, 4) is 0 Å². The Morgan fingerprint density at radius 3 is 3.00 bits per heavy atom. The first-order chi connectivity index (χ1) is 10.7. The number of hydrogen-bond donors (Lipinski definition) is 1. The number of fused-ring (bicyclic) bond motifs is 4. The van der Waals surface area contributed by atoms with Gasteiger partial charge < -0.3 is 14.4 Å². The van der Waals surface area contributed by atoms with Gasteiger partial charge in [-0.05, 0) is 43.2 Å². The second-order valence-corrected chi connectivity index (χ2v) is 5.46. The standard InChI is InChI=1S/C18H15NO3/c20-18(21)13-7-6-12-10-16-14-4-1-2-5-17(14)22-9-3-8-19(16)15(12)11-13/h2-3,5-8,10-11H,1,4,9H2,(H,20,21). The predicted octanol–water partition coefficient (Wildman–Crippen LogP) is 3.90. The maximum atomic E-state index is 11.2. The molecule has 4 rings (SSSR count). The minimum atomic E-state index is -0.906. The molecule has 0 saturated carbocycles. The van der Waals surface area contributed by atoms with Crippen LogP contribution in [0, 0.1) is 0 Å². The van der Waals surface area contributed by atoms with Gasteiger partial charge in [-0.2, -0.15) is 0 Å². The van der Waals surface area contributed by atoms with Crippen molar-refractivity contribution in [3.05, 3.63) is 59.5 Å². The van der Waals surface area contributed by atoms with Gasteiger partial charge in [-0.15, -0.1) is 0 Å². The average Bonchev–Trinajstić information content (AvgIpc) is 2.86. The Bertz CT molecular complexity index is 868. The second kappa shape index (κ2) is 4.91. The van der Waals surface area contributed by atoms with Crippen molar-refractivity contribution in [2.75, 3.05) is 6.61 Å². The minimum absolute atomic E-state index is 0.304. The summed E-state index contributed by atoms with van der Waals surface area (Å²) in [5, 5.41) is 10.2. The van der Waals surface area contributed by atoms with E-state index in [0.717, 1.165) is 35.2 Å². The SMILES string of the molecule is O=C(O)c1ccc2cc3n(c2c1)C=CCOC1=C3CCC=C1. The highest BCUT2D eigenvalue weighted by Gasteiger charge is 2.19. The minimum Gasteiger partial charge on any atom is -0.489 e. The highest BCUT2D eigenvalue weighted by Crippen LogP contribution is 2.34. The van der Waals surface area contributed by atoms with Crippen LogP contribution in [-0.2, 0) is 4.74 Å². The maximum Gasteiger partial charge on any atom is 0.335 e. The smallest absolute Gasteiger partial charge is 0.335 e. The molecule has 0 spiro atoms. The van der Waals surface area contributed by atoms with E-state index in [9.17, 15) is 9.90 Å². The number of aromatic nitrogens is 1. The molecule has 4 nitrogen and oxygen atoms in total. The lowest BCUT2D eigenvalue weighted by molar-refractivity contribution is 0.0697. The van der Waals surface area contributed by atoms with Gasteiger partial charge in [0.15, 0.2) is 0 Å². The van der Waals surface area contributed by atoms with Crippen molar-refractivity contribution in [3.63, 3.8) is 0 Å². The summed E-state index contributed by atoms with van der Waals surface area (Å²) in [6.45, 7) is 0.515. The quantitative estimate of drug-likeness (QED) is 0.867. The number of rotatable bonds is 1. The summed E-state index contributed by atoms with van der Waals surface area (Å²) in [5.74, 6) is 0.00854. The number of allylic oxidation sites excluding steroid dienone is 3. The molecule has 0 radical (unpaired) electrons. The van der Waals surface area contributed by atoms with Gasteiger partial charge in [-0.1, -0.05) is 12.1 Å². The van der Waals surface area contributed by atoms with Gasteiger partial charge >= 0.3 is 5.97 Å². The second-order valence-electron chi connectivity index (χ2n) is 5.46. The summed E-state index contributed by atoms with van der Waals surface area (Å²) in [6, 6.07) is 7.35. The summed E-state index contributed by atoms with van der Waals surface area (Å²) in [4.78, 5) is 11.2. The summed E-state index contributed by atoms with van der Waals surface area (Å²) >= 11 is 0. The van der Waals surface area contributed by atoms with Crippen molar-refractivity contribution in [2.24, 2.45) is 0 Å². The van der Waals surface area contributed by atoms with E-state index in [1.54, 1.807) is 12.1 Å². The van der Waals surface area contributed by atoms with E-state index in [2.05, 4.69) is 16.7 Å². The predicted molar refractivity (Wildman–Crippen MR) is 85.5 cm³/mol. The number of ether oxygens (including phenoxy) is 1. The molecule has 0 fully saturated rings. The van der Waals surface area contributed by atoms with E-state index >= 15 is 0 Å². The highest BCUT2D eigenvalue weighted by atomic mass is 16.5. The topological polar surface area (TPSA) is 51.5 Å². The molecule has 2 heterocycles. The Morgan fingerprint density at radius 2 is 2.14 bits per heavy atom. The van der Waals surface area contributed by atoms with E-state index in [1.165, 1.54) is 5.57 Å². The summed E-state index contributed by atoms with van der Waals surface area (Å²) < 4.78 is 7.87. The van der Waals surface area contributed by atoms with Crippen molar-refractivity contribution in [1.29, 1.82) is 0 Å². The van der Waals surface area contributed by atoms with E-state index in [1.807, 2.05) is 24.4 Å². The largest absolute Gasteiger partial charge is 0.489 e. The summed E-state index contributed by atoms with van der Waals surface area (Å²) in [6.07, 6.45) is 9.99. The van der Waals surface area contributed by atoms with Crippen LogP contribution >= 0.6 is 0 Å². The molecule has 1 aromatic carbocycles. The Morgan fingerprint density at radius 1 is 1.23 bits per heavy atom. The molecule has 1 N–H and O–H groups in total. The lowest BCUT2D eigenvalue weighted by Crippen LogP contribution is -2.06. The monoisotopic (exact) mass is 293 g/mol. The Kier molecular flexibility index (Phi) is 2.89. The number of aromatic carboxylic acids is 1. The first kappa shape index (κ1) is 13.0. The number of carboxylic acid groups (broad SMARTS) is 1. The lowest BCUT2D eigenvalue weighted by atomic mass is 10.00. The number of hydrogen-bond acceptors (Lipinski definition) is 2. The lowest BCUT2D eigenvalue weighted by Gasteiger charge is -2.19. The van der Waals surface area contributed by atoms with Crippen molar-refractivity contribution in [1.82, 2.24) is 4.57 Å². The fraction of sp³-hybridized carbons (Fsp3) is 0.167. The van der Waals surface area contributed by atoms with Crippen LogP contribution in [0.15, 0.2) is 48.3 Å². The Balaban J connectivity index is 2.01. The molecule has 1 aromatic heterocycles. The van der Waals surface area contributed by atoms with Gasteiger partial charge in [-0.3, -0.25) is 0 Å². The molecule has 1 aliphatic carbocycles. The Hall–Kier alpha value is -2.75. The summed E-state index contributed by atoms with van der Waals surface area (Å²) in [7, 11) is 0.